The van der Waals surface area contributed by atoms with Crippen molar-refractivity contribution in [1.82, 2.24) is 24.7 Å². The second-order valence-electron chi connectivity index (χ2n) is 11.1. The van der Waals surface area contributed by atoms with Crippen LogP contribution in [-0.4, -0.2) is 93.8 Å². The lowest BCUT2D eigenvalue weighted by molar-refractivity contribution is -0.0154. The number of hydrogen-bond donors (Lipinski definition) is 2. The molecule has 0 aliphatic carbocycles. The quantitative estimate of drug-likeness (QED) is 0.299. The fraction of sp³-hybridized carbons (Fsp3) is 0.514. The molecule has 47 heavy (non-hydrogen) atoms. The van der Waals surface area contributed by atoms with Crippen LogP contribution in [0.25, 0.3) is 0 Å². The highest BCUT2D eigenvalue weighted by Crippen LogP contribution is 2.38. The van der Waals surface area contributed by atoms with E-state index in [1.807, 2.05) is 51.1 Å². The lowest BCUT2D eigenvalue weighted by atomic mass is 9.88. The van der Waals surface area contributed by atoms with E-state index >= 15 is 4.39 Å². The minimum atomic E-state index is -1.46. The average molecular weight is 695 g/mol. The normalized spacial score (nSPS) is 18.7. The molecule has 0 radical (unpaired) electrons. The van der Waals surface area contributed by atoms with Gasteiger partial charge in [0.15, 0.2) is 6.23 Å². The fourth-order valence-corrected chi connectivity index (χ4v) is 5.43. The number of likely N-dealkylation sites (N-methyl/N-ethyl adjacent to an activating group) is 1. The summed E-state index contributed by atoms with van der Waals surface area (Å²) in [5.41, 5.74) is -1.03. The van der Waals surface area contributed by atoms with Crippen LogP contribution < -0.4 is 0 Å². The Kier molecular flexibility index (Phi) is 17.2. The van der Waals surface area contributed by atoms with Crippen LogP contribution in [-0.2, 0) is 16.9 Å². The molecular formula is C35H50Cl2FN5O4. The van der Waals surface area contributed by atoms with Crippen molar-refractivity contribution in [3.8, 4) is 0 Å². The van der Waals surface area contributed by atoms with Gasteiger partial charge in [0.25, 0.3) is 5.91 Å². The predicted molar refractivity (Wildman–Crippen MR) is 186 cm³/mol. The summed E-state index contributed by atoms with van der Waals surface area (Å²) in [5, 5.41) is 23.2. The number of halogens is 3. The van der Waals surface area contributed by atoms with Crippen LogP contribution in [0.4, 0.5) is 4.39 Å². The third-order valence-corrected chi connectivity index (χ3v) is 8.37. The SMILES string of the molecule is C.C1CCOC1.CC.CCC(O)(CN1CCN(C)CC1)c1cc(F)c2c(c1)C(=O)N(Cc1ncc(Cl)cn1)C2O.Clc1ccccc1. The molecule has 2 saturated heterocycles. The van der Waals surface area contributed by atoms with Gasteiger partial charge in [-0.1, -0.05) is 69.6 Å². The average Bonchev–Trinajstić information content (AvgIpc) is 3.73. The molecular weight excluding hydrogens is 644 g/mol. The van der Waals surface area contributed by atoms with E-state index in [1.165, 1.54) is 37.4 Å². The predicted octanol–water partition coefficient (Wildman–Crippen LogP) is 6.56. The number of piperazine rings is 1. The van der Waals surface area contributed by atoms with E-state index in [1.54, 1.807) is 0 Å². The van der Waals surface area contributed by atoms with Gasteiger partial charge in [-0.15, -0.1) is 0 Å². The third-order valence-electron chi connectivity index (χ3n) is 7.92. The van der Waals surface area contributed by atoms with Gasteiger partial charge in [-0.2, -0.15) is 0 Å². The molecule has 1 amide bonds. The number of rotatable bonds is 6. The Bertz CT molecular complexity index is 1350. The number of fused-ring (bicyclic) bond motifs is 1. The first-order valence-electron chi connectivity index (χ1n) is 15.8. The number of aromatic nitrogens is 2. The molecule has 0 bridgehead atoms. The van der Waals surface area contributed by atoms with Gasteiger partial charge in [0, 0.05) is 68.9 Å². The molecule has 12 heteroatoms. The van der Waals surface area contributed by atoms with Gasteiger partial charge in [0.1, 0.15) is 17.2 Å². The van der Waals surface area contributed by atoms with E-state index in [4.69, 9.17) is 27.9 Å². The number of aliphatic hydroxyl groups excluding tert-OH is 1. The van der Waals surface area contributed by atoms with E-state index in [-0.39, 0.29) is 30.9 Å². The summed E-state index contributed by atoms with van der Waals surface area (Å²) in [6, 6.07) is 12.2. The summed E-state index contributed by atoms with van der Waals surface area (Å²) in [4.78, 5) is 26.6. The second-order valence-corrected chi connectivity index (χ2v) is 12.0. The number of aliphatic hydroxyl groups is 2. The highest BCUT2D eigenvalue weighted by Gasteiger charge is 2.41. The number of hydrogen-bond acceptors (Lipinski definition) is 8. The minimum Gasteiger partial charge on any atom is -0.384 e. The van der Waals surface area contributed by atoms with Gasteiger partial charge in [0.05, 0.1) is 17.1 Å². The number of amides is 1. The minimum absolute atomic E-state index is 0. The van der Waals surface area contributed by atoms with Crippen molar-refractivity contribution >= 4 is 29.1 Å². The number of β-amino-alcohol motifs (C(OH)–C–C–N with tert-alkyl or cyclic N) is 1. The Morgan fingerprint density at radius 2 is 1.60 bits per heavy atom. The molecule has 1 aromatic heterocycles. The van der Waals surface area contributed by atoms with E-state index in [0.717, 1.165) is 49.3 Å². The summed E-state index contributed by atoms with van der Waals surface area (Å²) in [7, 11) is 2.05. The number of benzene rings is 2. The van der Waals surface area contributed by atoms with Crippen LogP contribution in [0.3, 0.4) is 0 Å². The van der Waals surface area contributed by atoms with Gasteiger partial charge in [0.2, 0.25) is 0 Å². The zero-order chi connectivity index (χ0) is 33.7. The Morgan fingerprint density at radius 1 is 1.00 bits per heavy atom. The molecule has 2 fully saturated rings. The van der Waals surface area contributed by atoms with Crippen molar-refractivity contribution in [3.63, 3.8) is 0 Å². The van der Waals surface area contributed by atoms with Gasteiger partial charge in [-0.05, 0) is 56.1 Å². The van der Waals surface area contributed by atoms with Crippen molar-refractivity contribution in [2.24, 2.45) is 0 Å². The second kappa shape index (κ2) is 20.0. The molecule has 3 aromatic rings. The first-order valence-corrected chi connectivity index (χ1v) is 16.6. The van der Waals surface area contributed by atoms with Crippen LogP contribution in [0.15, 0.2) is 54.9 Å². The number of carbonyl (C=O) groups is 1. The number of nitrogens with zero attached hydrogens (tertiary/aromatic N) is 5. The maximum Gasteiger partial charge on any atom is 0.257 e. The summed E-state index contributed by atoms with van der Waals surface area (Å²) in [5.74, 6) is -0.983. The lowest BCUT2D eigenvalue weighted by Gasteiger charge is -2.38. The molecule has 3 aliphatic rings. The van der Waals surface area contributed by atoms with E-state index in [9.17, 15) is 15.0 Å². The van der Waals surface area contributed by atoms with Crippen LogP contribution in [0.5, 0.6) is 0 Å². The zero-order valence-electron chi connectivity index (χ0n) is 27.1. The topological polar surface area (TPSA) is 102 Å². The molecule has 2 atom stereocenters. The Balaban J connectivity index is 0.000000424. The highest BCUT2D eigenvalue weighted by atomic mass is 35.5. The smallest absolute Gasteiger partial charge is 0.257 e. The van der Waals surface area contributed by atoms with E-state index < -0.39 is 23.6 Å². The summed E-state index contributed by atoms with van der Waals surface area (Å²) >= 11 is 11.3. The summed E-state index contributed by atoms with van der Waals surface area (Å²) < 4.78 is 20.1. The molecule has 4 heterocycles. The summed E-state index contributed by atoms with van der Waals surface area (Å²) in [6.45, 7) is 11.5. The standard InChI is InChI=1S/C22H27ClFN5O3.C6H5Cl.C4H8O.C2H6.CH4/c1-3-22(32,13-28-6-4-27(2)5-7-28)14-8-16-19(17(24)9-14)21(31)29(20(16)30)12-18-25-10-15(23)11-26-18;7-6-4-2-1-3-5-6;1-2-4-5-3-1;1-2;/h8-11,21,31-32H,3-7,12-13H2,1-2H3;1-5H;1-4H2;1-2H3;1H4. The Labute approximate surface area is 289 Å². The molecule has 2 aromatic carbocycles. The lowest BCUT2D eigenvalue weighted by Crippen LogP contribution is -2.49. The summed E-state index contributed by atoms with van der Waals surface area (Å²) in [6.07, 6.45) is 4.24. The van der Waals surface area contributed by atoms with Crippen molar-refractivity contribution < 1.29 is 24.1 Å². The largest absolute Gasteiger partial charge is 0.384 e. The van der Waals surface area contributed by atoms with E-state index in [2.05, 4.69) is 26.8 Å². The van der Waals surface area contributed by atoms with Crippen molar-refractivity contribution in [1.29, 1.82) is 0 Å². The molecule has 260 valence electrons. The molecule has 2 N–H and O–H groups in total. The number of carbonyl (C=O) groups excluding carboxylic acids is 1. The van der Waals surface area contributed by atoms with Crippen molar-refractivity contribution in [3.05, 3.63) is 93.2 Å². The zero-order valence-corrected chi connectivity index (χ0v) is 28.6. The molecule has 9 nitrogen and oxygen atoms in total. The van der Waals surface area contributed by atoms with Gasteiger partial charge < -0.3 is 24.7 Å². The Morgan fingerprint density at radius 3 is 2.09 bits per heavy atom. The number of ether oxygens (including phenoxy) is 1. The van der Waals surface area contributed by atoms with Crippen LogP contribution in [0, 0.1) is 5.82 Å². The fourth-order valence-electron chi connectivity index (χ4n) is 5.19. The highest BCUT2D eigenvalue weighted by molar-refractivity contribution is 6.30. The Hall–Kier alpha value is -2.70. The van der Waals surface area contributed by atoms with Crippen molar-refractivity contribution in [2.45, 2.75) is 65.8 Å². The first kappa shape index (κ1) is 40.5. The van der Waals surface area contributed by atoms with Gasteiger partial charge >= 0.3 is 0 Å². The maximum absolute atomic E-state index is 15.1. The molecule has 6 rings (SSSR count). The monoisotopic (exact) mass is 693 g/mol. The van der Waals surface area contributed by atoms with Gasteiger partial charge in [-0.3, -0.25) is 9.69 Å². The van der Waals surface area contributed by atoms with E-state index in [0.29, 0.717) is 23.6 Å². The first-order chi connectivity index (χ1) is 22.1. The molecule has 0 spiro atoms. The maximum atomic E-state index is 15.1. The third kappa shape index (κ3) is 11.5. The molecule has 2 unspecified atom stereocenters. The van der Waals surface area contributed by atoms with Gasteiger partial charge in [-0.25, -0.2) is 14.4 Å². The van der Waals surface area contributed by atoms with Crippen LogP contribution in [0.1, 0.15) is 81.0 Å². The molecule has 3 aliphatic heterocycles. The van der Waals surface area contributed by atoms with Crippen molar-refractivity contribution in [2.75, 3.05) is 53.0 Å². The molecule has 0 saturated carbocycles. The van der Waals surface area contributed by atoms with Crippen LogP contribution >= 0.6 is 23.2 Å². The van der Waals surface area contributed by atoms with Crippen LogP contribution in [0.2, 0.25) is 10.0 Å².